The number of anilines is 1. The minimum Gasteiger partial charge on any atom is -0.322 e. The molecule has 1 N–H and O–H groups in total. The molecule has 0 saturated carbocycles. The minimum atomic E-state index is -0.241. The van der Waals surface area contributed by atoms with Crippen LogP contribution < -0.4 is 5.32 Å². The van der Waals surface area contributed by atoms with Gasteiger partial charge in [0.15, 0.2) is 0 Å². The van der Waals surface area contributed by atoms with Gasteiger partial charge in [-0.2, -0.15) is 10.4 Å². The van der Waals surface area contributed by atoms with Crippen LogP contribution in [0.2, 0.25) is 5.02 Å². The van der Waals surface area contributed by atoms with Crippen LogP contribution in [0, 0.1) is 11.3 Å². The molecule has 0 bridgehead atoms. The minimum absolute atomic E-state index is 0.241. The van der Waals surface area contributed by atoms with Gasteiger partial charge >= 0.3 is 0 Å². The average Bonchev–Trinajstić information content (AvgIpc) is 3.06. The molecule has 0 aliphatic carbocycles. The van der Waals surface area contributed by atoms with Crippen molar-refractivity contribution in [3.05, 3.63) is 76.6 Å². The second kappa shape index (κ2) is 7.20. The Morgan fingerprint density at radius 1 is 1.28 bits per heavy atom. The number of nitrogens with zero attached hydrogens (tertiary/aromatic N) is 3. The molecule has 0 spiro atoms. The van der Waals surface area contributed by atoms with E-state index >= 15 is 0 Å². The van der Waals surface area contributed by atoms with E-state index in [1.165, 1.54) is 0 Å². The van der Waals surface area contributed by atoms with Gasteiger partial charge in [-0.15, -0.1) is 0 Å². The first-order valence-corrected chi connectivity index (χ1v) is 8.14. The van der Waals surface area contributed by atoms with E-state index in [2.05, 4.69) is 10.4 Å². The number of benzene rings is 2. The van der Waals surface area contributed by atoms with Crippen LogP contribution in [0.25, 0.3) is 5.69 Å². The summed E-state index contributed by atoms with van der Waals surface area (Å²) in [6.07, 6.45) is 2.20. The van der Waals surface area contributed by atoms with Crippen molar-refractivity contribution >= 4 is 23.2 Å². The average molecular weight is 351 g/mol. The molecule has 6 heteroatoms. The largest absolute Gasteiger partial charge is 0.322 e. The monoisotopic (exact) mass is 350 g/mol. The third kappa shape index (κ3) is 3.54. The van der Waals surface area contributed by atoms with Crippen molar-refractivity contribution in [3.8, 4) is 11.8 Å². The van der Waals surface area contributed by atoms with Crippen molar-refractivity contribution < 1.29 is 4.79 Å². The van der Waals surface area contributed by atoms with Crippen molar-refractivity contribution in [3.63, 3.8) is 0 Å². The number of nitriles is 1. The van der Waals surface area contributed by atoms with Crippen LogP contribution in [-0.2, 0) is 6.42 Å². The maximum Gasteiger partial charge on any atom is 0.259 e. The van der Waals surface area contributed by atoms with Crippen LogP contribution >= 0.6 is 11.6 Å². The Labute approximate surface area is 150 Å². The van der Waals surface area contributed by atoms with Gasteiger partial charge in [0.1, 0.15) is 0 Å². The summed E-state index contributed by atoms with van der Waals surface area (Å²) in [5, 5.41) is 16.6. The summed E-state index contributed by atoms with van der Waals surface area (Å²) in [7, 11) is 0. The van der Waals surface area contributed by atoms with Gasteiger partial charge in [0.2, 0.25) is 0 Å². The molecule has 1 aromatic heterocycles. The normalized spacial score (nSPS) is 10.3. The van der Waals surface area contributed by atoms with E-state index in [9.17, 15) is 4.79 Å². The lowest BCUT2D eigenvalue weighted by atomic mass is 10.1. The van der Waals surface area contributed by atoms with Gasteiger partial charge in [-0.25, -0.2) is 4.68 Å². The van der Waals surface area contributed by atoms with E-state index in [-0.39, 0.29) is 5.91 Å². The number of amides is 1. The molecule has 1 heterocycles. The van der Waals surface area contributed by atoms with Gasteiger partial charge in [0.05, 0.1) is 34.8 Å². The molecule has 0 fully saturated rings. The summed E-state index contributed by atoms with van der Waals surface area (Å²) in [4.78, 5) is 12.6. The predicted molar refractivity (Wildman–Crippen MR) is 97.1 cm³/mol. The molecular formula is C19H15ClN4O. The molecule has 0 radical (unpaired) electrons. The van der Waals surface area contributed by atoms with E-state index < -0.39 is 0 Å². The molecule has 3 rings (SSSR count). The summed E-state index contributed by atoms with van der Waals surface area (Å²) in [6.45, 7) is 1.97. The number of halogens is 1. The van der Waals surface area contributed by atoms with Gasteiger partial charge in [-0.05, 0) is 48.9 Å². The second-order valence-corrected chi connectivity index (χ2v) is 5.83. The first kappa shape index (κ1) is 16.7. The number of carbonyl (C=O) groups is 1. The molecule has 1 amide bonds. The molecule has 0 aliphatic rings. The lowest BCUT2D eigenvalue weighted by Gasteiger charge is -2.09. The van der Waals surface area contributed by atoms with Crippen molar-refractivity contribution in [2.24, 2.45) is 0 Å². The Morgan fingerprint density at radius 3 is 2.68 bits per heavy atom. The lowest BCUT2D eigenvalue weighted by molar-refractivity contribution is 0.102. The zero-order valence-corrected chi connectivity index (χ0v) is 14.3. The third-order valence-corrected chi connectivity index (χ3v) is 4.01. The van der Waals surface area contributed by atoms with Crippen molar-refractivity contribution in [1.29, 1.82) is 5.26 Å². The van der Waals surface area contributed by atoms with E-state index in [0.29, 0.717) is 28.3 Å². The molecule has 3 aromatic rings. The summed E-state index contributed by atoms with van der Waals surface area (Å²) in [5.41, 5.74) is 3.28. The summed E-state index contributed by atoms with van der Waals surface area (Å²) in [5.74, 6) is -0.241. The fourth-order valence-electron chi connectivity index (χ4n) is 2.56. The topological polar surface area (TPSA) is 70.7 Å². The van der Waals surface area contributed by atoms with Crippen LogP contribution in [0.1, 0.15) is 28.5 Å². The molecule has 5 nitrogen and oxygen atoms in total. The van der Waals surface area contributed by atoms with E-state index in [1.54, 1.807) is 47.3 Å². The third-order valence-electron chi connectivity index (χ3n) is 3.77. The molecule has 25 heavy (non-hydrogen) atoms. The number of rotatable bonds is 4. The van der Waals surface area contributed by atoms with Gasteiger partial charge in [-0.1, -0.05) is 24.6 Å². The van der Waals surface area contributed by atoms with Crippen LogP contribution in [-0.4, -0.2) is 15.7 Å². The number of aromatic nitrogens is 2. The van der Waals surface area contributed by atoms with Crippen molar-refractivity contribution in [2.75, 3.05) is 5.32 Å². The highest BCUT2D eigenvalue weighted by molar-refractivity contribution is 6.30. The van der Waals surface area contributed by atoms with Gasteiger partial charge in [0.25, 0.3) is 5.91 Å². The van der Waals surface area contributed by atoms with Crippen LogP contribution in [0.4, 0.5) is 5.69 Å². The summed E-state index contributed by atoms with van der Waals surface area (Å²) < 4.78 is 1.72. The van der Waals surface area contributed by atoms with Crippen LogP contribution in [0.5, 0.6) is 0 Å². The Hall–Kier alpha value is -3.10. The smallest absolute Gasteiger partial charge is 0.259 e. The summed E-state index contributed by atoms with van der Waals surface area (Å²) in [6, 6.07) is 16.1. The lowest BCUT2D eigenvalue weighted by Crippen LogP contribution is -2.14. The fraction of sp³-hybridized carbons (Fsp3) is 0.105. The standard InChI is InChI=1S/C19H15ClN4O/c1-2-18-17(12-22-24(18)16-5-3-4-14(20)10-16)19(25)23-15-8-6-13(11-21)7-9-15/h3-10,12H,2H2,1H3,(H,23,25). The van der Waals surface area contributed by atoms with Gasteiger partial charge in [0, 0.05) is 10.7 Å². The van der Waals surface area contributed by atoms with E-state index in [0.717, 1.165) is 11.4 Å². The van der Waals surface area contributed by atoms with E-state index in [1.807, 2.05) is 25.1 Å². The predicted octanol–water partition coefficient (Wildman–Crippen LogP) is 4.21. The zero-order chi connectivity index (χ0) is 17.8. The summed E-state index contributed by atoms with van der Waals surface area (Å²) >= 11 is 6.05. The van der Waals surface area contributed by atoms with Gasteiger partial charge in [-0.3, -0.25) is 4.79 Å². The Balaban J connectivity index is 1.89. The van der Waals surface area contributed by atoms with Crippen molar-refractivity contribution in [2.45, 2.75) is 13.3 Å². The number of hydrogen-bond acceptors (Lipinski definition) is 3. The maximum atomic E-state index is 12.6. The Kier molecular flexibility index (Phi) is 4.82. The number of nitrogens with one attached hydrogen (secondary N) is 1. The quantitative estimate of drug-likeness (QED) is 0.766. The molecule has 0 unspecified atom stereocenters. The highest BCUT2D eigenvalue weighted by atomic mass is 35.5. The molecule has 0 saturated heterocycles. The molecule has 0 atom stereocenters. The van der Waals surface area contributed by atoms with Crippen molar-refractivity contribution in [1.82, 2.24) is 9.78 Å². The Bertz CT molecular complexity index is 954. The molecule has 2 aromatic carbocycles. The number of carbonyl (C=O) groups excluding carboxylic acids is 1. The SMILES string of the molecule is CCc1c(C(=O)Nc2ccc(C#N)cc2)cnn1-c1cccc(Cl)c1. The first-order valence-electron chi connectivity index (χ1n) is 7.76. The highest BCUT2D eigenvalue weighted by Crippen LogP contribution is 2.20. The maximum absolute atomic E-state index is 12.6. The highest BCUT2D eigenvalue weighted by Gasteiger charge is 2.17. The molecular weight excluding hydrogens is 336 g/mol. The van der Waals surface area contributed by atoms with Crippen LogP contribution in [0.15, 0.2) is 54.7 Å². The molecule has 0 aliphatic heterocycles. The van der Waals surface area contributed by atoms with E-state index in [4.69, 9.17) is 16.9 Å². The van der Waals surface area contributed by atoms with Crippen LogP contribution in [0.3, 0.4) is 0 Å². The van der Waals surface area contributed by atoms with Gasteiger partial charge < -0.3 is 5.32 Å². The Morgan fingerprint density at radius 2 is 2.04 bits per heavy atom. The molecule has 124 valence electrons. The number of hydrogen-bond donors (Lipinski definition) is 1. The second-order valence-electron chi connectivity index (χ2n) is 5.39. The zero-order valence-electron chi connectivity index (χ0n) is 13.5. The first-order chi connectivity index (χ1) is 12.1. The fourth-order valence-corrected chi connectivity index (χ4v) is 2.75.